The highest BCUT2D eigenvalue weighted by Crippen LogP contribution is 2.67. The van der Waals surface area contributed by atoms with E-state index in [-0.39, 0.29) is 10.8 Å². The predicted octanol–water partition coefficient (Wildman–Crippen LogP) is 5.17. The number of piperidine rings is 1. The van der Waals surface area contributed by atoms with Gasteiger partial charge in [0.15, 0.2) is 0 Å². The van der Waals surface area contributed by atoms with Crippen molar-refractivity contribution < 1.29 is 9.94 Å². The Morgan fingerprint density at radius 1 is 1.09 bits per heavy atom. The number of hydrogen-bond acceptors (Lipinski definition) is 4. The first kappa shape index (κ1) is 22.5. The van der Waals surface area contributed by atoms with E-state index in [1.54, 1.807) is 5.57 Å². The Kier molecular flexibility index (Phi) is 5.96. The highest BCUT2D eigenvalue weighted by molar-refractivity contribution is 5.96. The van der Waals surface area contributed by atoms with E-state index in [1.165, 1.54) is 51.6 Å². The van der Waals surface area contributed by atoms with Gasteiger partial charge in [-0.15, -0.1) is 6.42 Å². The molecule has 3 saturated carbocycles. The van der Waals surface area contributed by atoms with Gasteiger partial charge in [-0.2, -0.15) is 0 Å². The van der Waals surface area contributed by atoms with Crippen LogP contribution in [0.25, 0.3) is 0 Å². The molecule has 1 aliphatic heterocycles. The first-order valence-electron chi connectivity index (χ1n) is 13.2. The average Bonchev–Trinajstić information content (AvgIpc) is 3.09. The molecule has 1 N–H and O–H groups in total. The molecule has 4 fully saturated rings. The fraction of sp³-hybridized carbons (Fsp3) is 0.821. The van der Waals surface area contributed by atoms with Crippen LogP contribution in [0.4, 0.5) is 0 Å². The zero-order chi connectivity index (χ0) is 22.4. The minimum absolute atomic E-state index is 0.107. The third kappa shape index (κ3) is 3.55. The summed E-state index contributed by atoms with van der Waals surface area (Å²) in [5.74, 6) is 4.77. The molecule has 0 spiro atoms. The van der Waals surface area contributed by atoms with Crippen molar-refractivity contribution in [2.24, 2.45) is 33.7 Å². The Morgan fingerprint density at radius 3 is 2.66 bits per heavy atom. The molecule has 0 aromatic heterocycles. The second-order valence-electron chi connectivity index (χ2n) is 11.8. The van der Waals surface area contributed by atoms with Gasteiger partial charge in [0.25, 0.3) is 0 Å². The lowest BCUT2D eigenvalue weighted by Gasteiger charge is -2.58. The molecule has 176 valence electrons. The quantitative estimate of drug-likeness (QED) is 0.374. The van der Waals surface area contributed by atoms with Gasteiger partial charge in [0, 0.05) is 12.0 Å². The van der Waals surface area contributed by atoms with E-state index in [0.29, 0.717) is 24.4 Å². The molecular weight excluding hydrogens is 396 g/mol. The van der Waals surface area contributed by atoms with Crippen LogP contribution in [0.5, 0.6) is 0 Å². The maximum atomic E-state index is 11.2. The van der Waals surface area contributed by atoms with Crippen LogP contribution in [0.2, 0.25) is 0 Å². The molecule has 5 aliphatic rings. The highest BCUT2D eigenvalue weighted by atomic mass is 16.6. The molecule has 6 atom stereocenters. The topological polar surface area (TPSA) is 45.1 Å². The van der Waals surface area contributed by atoms with Crippen molar-refractivity contribution in [1.29, 1.82) is 0 Å². The van der Waals surface area contributed by atoms with Crippen molar-refractivity contribution in [3.05, 3.63) is 11.6 Å². The lowest BCUT2D eigenvalue weighted by atomic mass is 9.46. The van der Waals surface area contributed by atoms with Gasteiger partial charge >= 0.3 is 0 Å². The van der Waals surface area contributed by atoms with Crippen LogP contribution in [-0.4, -0.2) is 47.6 Å². The molecule has 0 amide bonds. The molecule has 1 saturated heterocycles. The van der Waals surface area contributed by atoms with Gasteiger partial charge in [-0.3, -0.25) is 4.90 Å². The SMILES string of the molecule is C#C[C@]1(O)CC[C@H]2[C@@H]3CCC4=C/C(=N\OCCN5CCCCC5)CC[C@]4(C)[C@H]3CC[C@@]21C. The summed E-state index contributed by atoms with van der Waals surface area (Å²) in [6.45, 7) is 8.91. The van der Waals surface area contributed by atoms with E-state index in [4.69, 9.17) is 11.3 Å². The number of hydrogen-bond donors (Lipinski definition) is 1. The van der Waals surface area contributed by atoms with Crippen LogP contribution in [0.1, 0.15) is 84.5 Å². The molecule has 4 heteroatoms. The smallest absolute Gasteiger partial charge is 0.130 e. The van der Waals surface area contributed by atoms with Crippen LogP contribution in [0.15, 0.2) is 16.8 Å². The van der Waals surface area contributed by atoms with Gasteiger partial charge in [-0.05, 0) is 107 Å². The van der Waals surface area contributed by atoms with Crippen LogP contribution in [0.3, 0.4) is 0 Å². The molecule has 0 aromatic carbocycles. The number of allylic oxidation sites excluding steroid dienone is 2. The Balaban J connectivity index is 1.25. The van der Waals surface area contributed by atoms with Crippen LogP contribution >= 0.6 is 0 Å². The first-order chi connectivity index (χ1) is 15.4. The summed E-state index contributed by atoms with van der Waals surface area (Å²) in [4.78, 5) is 8.26. The van der Waals surface area contributed by atoms with E-state index in [9.17, 15) is 5.11 Å². The van der Waals surface area contributed by atoms with E-state index in [2.05, 4.69) is 35.9 Å². The van der Waals surface area contributed by atoms with Crippen molar-refractivity contribution in [2.75, 3.05) is 26.2 Å². The number of aliphatic hydroxyl groups is 1. The molecule has 32 heavy (non-hydrogen) atoms. The van der Waals surface area contributed by atoms with Gasteiger partial charge in [0.05, 0.1) is 5.71 Å². The molecule has 1 heterocycles. The van der Waals surface area contributed by atoms with E-state index in [0.717, 1.165) is 44.4 Å². The zero-order valence-electron chi connectivity index (χ0n) is 20.2. The molecular formula is C28H42N2O2. The second-order valence-corrected chi connectivity index (χ2v) is 11.8. The Labute approximate surface area is 194 Å². The van der Waals surface area contributed by atoms with E-state index in [1.807, 2.05) is 0 Å². The fourth-order valence-electron chi connectivity index (χ4n) is 8.38. The second kappa shape index (κ2) is 8.48. The molecule has 0 radical (unpaired) electrons. The normalized spacial score (nSPS) is 45.4. The maximum absolute atomic E-state index is 11.2. The van der Waals surface area contributed by atoms with Crippen molar-refractivity contribution in [1.82, 2.24) is 4.90 Å². The fourth-order valence-corrected chi connectivity index (χ4v) is 8.38. The van der Waals surface area contributed by atoms with E-state index >= 15 is 0 Å². The number of rotatable bonds is 4. The third-order valence-electron chi connectivity index (χ3n) is 10.5. The lowest BCUT2D eigenvalue weighted by Crippen LogP contribution is -2.54. The first-order valence-corrected chi connectivity index (χ1v) is 13.2. The van der Waals surface area contributed by atoms with Crippen LogP contribution < -0.4 is 0 Å². The summed E-state index contributed by atoms with van der Waals surface area (Å²) in [7, 11) is 0. The Hall–Kier alpha value is -1.31. The molecule has 0 aromatic rings. The van der Waals surface area contributed by atoms with Gasteiger partial charge < -0.3 is 9.94 Å². The number of oxime groups is 1. The van der Waals surface area contributed by atoms with Gasteiger partial charge in [0.1, 0.15) is 12.2 Å². The minimum atomic E-state index is -0.905. The minimum Gasteiger partial charge on any atom is -0.394 e. The summed E-state index contributed by atoms with van der Waals surface area (Å²) in [5.41, 5.74) is 1.99. The zero-order valence-corrected chi connectivity index (χ0v) is 20.2. The summed E-state index contributed by atoms with van der Waals surface area (Å²) in [5, 5.41) is 15.7. The number of fused-ring (bicyclic) bond motifs is 5. The number of nitrogens with zero attached hydrogens (tertiary/aromatic N) is 2. The molecule has 5 rings (SSSR count). The van der Waals surface area contributed by atoms with E-state index < -0.39 is 5.60 Å². The van der Waals surface area contributed by atoms with Crippen molar-refractivity contribution >= 4 is 5.71 Å². The lowest BCUT2D eigenvalue weighted by molar-refractivity contribution is -0.0987. The predicted molar refractivity (Wildman–Crippen MR) is 129 cm³/mol. The summed E-state index contributed by atoms with van der Waals surface area (Å²) < 4.78 is 0. The van der Waals surface area contributed by atoms with Gasteiger partial charge in [0.2, 0.25) is 0 Å². The largest absolute Gasteiger partial charge is 0.394 e. The summed E-state index contributed by atoms with van der Waals surface area (Å²) >= 11 is 0. The molecule has 4 aliphatic carbocycles. The van der Waals surface area contributed by atoms with Crippen molar-refractivity contribution in [3.8, 4) is 12.3 Å². The van der Waals surface area contributed by atoms with Crippen molar-refractivity contribution in [3.63, 3.8) is 0 Å². The third-order valence-corrected chi connectivity index (χ3v) is 10.5. The summed E-state index contributed by atoms with van der Waals surface area (Å²) in [6.07, 6.45) is 20.9. The highest BCUT2D eigenvalue weighted by Gasteiger charge is 2.63. The maximum Gasteiger partial charge on any atom is 0.130 e. The summed E-state index contributed by atoms with van der Waals surface area (Å²) in [6, 6.07) is 0. The Bertz CT molecular complexity index is 822. The Morgan fingerprint density at radius 2 is 1.88 bits per heavy atom. The van der Waals surface area contributed by atoms with Gasteiger partial charge in [-0.25, -0.2) is 0 Å². The monoisotopic (exact) mass is 438 g/mol. The standard InChI is InChI=1S/C28H42N2O2/c1-4-28(31)15-12-25-23-9-8-21-20-22(29-32-19-18-30-16-6-5-7-17-30)10-13-26(21,2)24(23)11-14-27(25,28)3/h1,20,23-25,31H,5-19H2,2-3H3/b29-22-/t23-,24+,25+,26+,27+,28+/m1/s1. The average molecular weight is 439 g/mol. The number of likely N-dealkylation sites (tertiary alicyclic amines) is 1. The van der Waals surface area contributed by atoms with Gasteiger partial charge in [-0.1, -0.05) is 36.9 Å². The molecule has 0 bridgehead atoms. The van der Waals surface area contributed by atoms with Crippen molar-refractivity contribution in [2.45, 2.75) is 90.1 Å². The molecule has 4 nitrogen and oxygen atoms in total. The molecule has 0 unspecified atom stereocenters. The number of terminal acetylenes is 1. The van der Waals surface area contributed by atoms with Crippen LogP contribution in [-0.2, 0) is 4.84 Å². The van der Waals surface area contributed by atoms with Crippen LogP contribution in [0, 0.1) is 40.9 Å².